The van der Waals surface area contributed by atoms with Crippen LogP contribution < -0.4 is 10.6 Å². The molecular formula is C14H17N5O2S. The van der Waals surface area contributed by atoms with Crippen LogP contribution in [0.3, 0.4) is 0 Å². The highest BCUT2D eigenvalue weighted by Gasteiger charge is 2.25. The molecule has 0 saturated carbocycles. The first-order chi connectivity index (χ1) is 10.6. The molecule has 116 valence electrons. The van der Waals surface area contributed by atoms with Gasteiger partial charge in [0.2, 0.25) is 5.91 Å². The molecule has 2 aromatic rings. The summed E-state index contributed by atoms with van der Waals surface area (Å²) in [6.45, 7) is 2.23. The van der Waals surface area contributed by atoms with E-state index in [1.807, 2.05) is 30.3 Å². The lowest BCUT2D eigenvalue weighted by molar-refractivity contribution is -0.119. The second-order valence-corrected chi connectivity index (χ2v) is 5.55. The lowest BCUT2D eigenvalue weighted by Crippen LogP contribution is -2.41. The van der Waals surface area contributed by atoms with Crippen molar-refractivity contribution in [2.24, 2.45) is 7.05 Å². The fourth-order valence-electron chi connectivity index (χ4n) is 1.77. The smallest absolute Gasteiger partial charge is 0.321 e. The van der Waals surface area contributed by atoms with Crippen molar-refractivity contribution < 1.29 is 9.59 Å². The van der Waals surface area contributed by atoms with E-state index in [0.29, 0.717) is 11.7 Å². The predicted molar refractivity (Wildman–Crippen MR) is 83.3 cm³/mol. The Kier molecular flexibility index (Phi) is 5.54. The molecule has 2 N–H and O–H groups in total. The topological polar surface area (TPSA) is 88.9 Å². The number of hydrogen-bond donors (Lipinski definition) is 2. The number of nitrogens with zero attached hydrogens (tertiary/aromatic N) is 3. The normalized spacial score (nSPS) is 11.7. The zero-order valence-electron chi connectivity index (χ0n) is 12.3. The highest BCUT2D eigenvalue weighted by atomic mass is 32.2. The fourth-order valence-corrected chi connectivity index (χ4v) is 2.75. The van der Waals surface area contributed by atoms with Crippen molar-refractivity contribution in [1.82, 2.24) is 25.4 Å². The van der Waals surface area contributed by atoms with Crippen LogP contribution in [-0.2, 0) is 11.8 Å². The molecule has 0 fully saturated rings. The molecule has 0 bridgehead atoms. The lowest BCUT2D eigenvalue weighted by Gasteiger charge is -2.15. The number of carbonyl (C=O) groups is 2. The number of nitrogens with one attached hydrogen (secondary N) is 2. The number of carbonyl (C=O) groups excluding carboxylic acids is 2. The summed E-state index contributed by atoms with van der Waals surface area (Å²) in [5, 5.41) is 12.7. The number of hydrogen-bond acceptors (Lipinski definition) is 5. The monoisotopic (exact) mass is 319 g/mol. The number of aromatic nitrogens is 3. The minimum Gasteiger partial charge on any atom is -0.338 e. The van der Waals surface area contributed by atoms with E-state index in [1.165, 1.54) is 11.8 Å². The summed E-state index contributed by atoms with van der Waals surface area (Å²) in [6, 6.07) is 8.73. The quantitative estimate of drug-likeness (QED) is 0.815. The molecule has 1 heterocycles. The zero-order chi connectivity index (χ0) is 15.9. The molecule has 7 nitrogen and oxygen atoms in total. The average Bonchev–Trinajstić information content (AvgIpc) is 2.91. The largest absolute Gasteiger partial charge is 0.338 e. The summed E-state index contributed by atoms with van der Waals surface area (Å²) in [5.74, 6) is -0.398. The highest BCUT2D eigenvalue weighted by molar-refractivity contribution is 8.00. The van der Waals surface area contributed by atoms with E-state index in [-0.39, 0.29) is 0 Å². The molecule has 1 atom stereocenters. The second-order valence-electron chi connectivity index (χ2n) is 4.48. The van der Waals surface area contributed by atoms with Gasteiger partial charge in [0.15, 0.2) is 5.16 Å². The van der Waals surface area contributed by atoms with Gasteiger partial charge in [-0.15, -0.1) is 10.2 Å². The summed E-state index contributed by atoms with van der Waals surface area (Å²) in [5.41, 5.74) is 0.789. The Bertz CT molecular complexity index is 644. The van der Waals surface area contributed by atoms with Gasteiger partial charge in [-0.1, -0.05) is 42.1 Å². The van der Waals surface area contributed by atoms with Gasteiger partial charge in [-0.05, 0) is 12.5 Å². The van der Waals surface area contributed by atoms with Gasteiger partial charge >= 0.3 is 6.03 Å². The van der Waals surface area contributed by atoms with E-state index in [2.05, 4.69) is 20.8 Å². The van der Waals surface area contributed by atoms with Gasteiger partial charge < -0.3 is 9.88 Å². The van der Waals surface area contributed by atoms with Crippen molar-refractivity contribution in [3.8, 4) is 0 Å². The van der Waals surface area contributed by atoms with Crippen LogP contribution in [0.4, 0.5) is 4.79 Å². The number of rotatable bonds is 5. The minimum atomic E-state index is -0.591. The minimum absolute atomic E-state index is 0.398. The summed E-state index contributed by atoms with van der Waals surface area (Å²) in [6.07, 6.45) is 1.56. The number of thioether (sulfide) groups is 1. The molecule has 1 aromatic carbocycles. The molecule has 22 heavy (non-hydrogen) atoms. The van der Waals surface area contributed by atoms with E-state index < -0.39 is 17.2 Å². The van der Waals surface area contributed by atoms with Crippen LogP contribution in [0.5, 0.6) is 0 Å². The summed E-state index contributed by atoms with van der Waals surface area (Å²) < 4.78 is 1.72. The highest BCUT2D eigenvalue weighted by Crippen LogP contribution is 2.33. The van der Waals surface area contributed by atoms with Crippen molar-refractivity contribution >= 4 is 23.7 Å². The average molecular weight is 319 g/mol. The Labute approximate surface area is 132 Å². The van der Waals surface area contributed by atoms with Crippen LogP contribution in [0.25, 0.3) is 0 Å². The van der Waals surface area contributed by atoms with Crippen molar-refractivity contribution in [1.29, 1.82) is 0 Å². The van der Waals surface area contributed by atoms with Gasteiger partial charge in [0.05, 0.1) is 0 Å². The standard InChI is InChI=1S/C14H17N5O2S/c1-3-15-13(21)17-12(20)11(10-7-5-4-6-8-10)22-14-18-16-9-19(14)2/h4-9,11H,3H2,1-2H3,(H2,15,17,20,21)/t11-/m1/s1. The van der Waals surface area contributed by atoms with Crippen molar-refractivity contribution in [3.63, 3.8) is 0 Å². The molecule has 0 saturated heterocycles. The van der Waals surface area contributed by atoms with Gasteiger partial charge in [-0.3, -0.25) is 10.1 Å². The van der Waals surface area contributed by atoms with E-state index in [4.69, 9.17) is 0 Å². The number of urea groups is 1. The van der Waals surface area contributed by atoms with E-state index in [1.54, 1.807) is 24.9 Å². The van der Waals surface area contributed by atoms with E-state index in [9.17, 15) is 9.59 Å². The van der Waals surface area contributed by atoms with Crippen LogP contribution in [0, 0.1) is 0 Å². The van der Waals surface area contributed by atoms with Gasteiger partial charge in [0.1, 0.15) is 11.6 Å². The Balaban J connectivity index is 2.20. The lowest BCUT2D eigenvalue weighted by atomic mass is 10.1. The maximum absolute atomic E-state index is 12.4. The molecular weight excluding hydrogens is 302 g/mol. The predicted octanol–water partition coefficient (Wildman–Crippen LogP) is 1.49. The molecule has 0 unspecified atom stereocenters. The Morgan fingerprint density at radius 3 is 2.64 bits per heavy atom. The third-order valence-corrected chi connectivity index (χ3v) is 4.11. The molecule has 0 radical (unpaired) electrons. The molecule has 0 aliphatic heterocycles. The number of imide groups is 1. The Hall–Kier alpha value is -2.35. The van der Waals surface area contributed by atoms with E-state index in [0.717, 1.165) is 5.56 Å². The third-order valence-electron chi connectivity index (χ3n) is 2.81. The summed E-state index contributed by atoms with van der Waals surface area (Å²) in [7, 11) is 1.80. The maximum Gasteiger partial charge on any atom is 0.321 e. The molecule has 3 amide bonds. The maximum atomic E-state index is 12.4. The first-order valence-corrected chi connectivity index (χ1v) is 7.64. The van der Waals surface area contributed by atoms with Gasteiger partial charge in [0.25, 0.3) is 0 Å². The molecule has 2 rings (SSSR count). The first kappa shape index (κ1) is 16.0. The fraction of sp³-hybridized carbons (Fsp3) is 0.286. The SMILES string of the molecule is CCNC(=O)NC(=O)[C@H](Sc1nncn1C)c1ccccc1. The van der Waals surface area contributed by atoms with Gasteiger partial charge in [-0.2, -0.15) is 0 Å². The molecule has 1 aromatic heterocycles. The van der Waals surface area contributed by atoms with Gasteiger partial charge in [-0.25, -0.2) is 4.79 Å². The van der Waals surface area contributed by atoms with Crippen LogP contribution in [-0.4, -0.2) is 33.2 Å². The third kappa shape index (κ3) is 4.08. The van der Waals surface area contributed by atoms with Crippen molar-refractivity contribution in [3.05, 3.63) is 42.2 Å². The van der Waals surface area contributed by atoms with Crippen LogP contribution in [0.2, 0.25) is 0 Å². The van der Waals surface area contributed by atoms with Crippen LogP contribution >= 0.6 is 11.8 Å². The molecule has 0 aliphatic carbocycles. The van der Waals surface area contributed by atoms with Crippen molar-refractivity contribution in [2.75, 3.05) is 6.54 Å². The van der Waals surface area contributed by atoms with Crippen molar-refractivity contribution in [2.45, 2.75) is 17.3 Å². The van der Waals surface area contributed by atoms with E-state index >= 15 is 0 Å². The van der Waals surface area contributed by atoms with Gasteiger partial charge in [0, 0.05) is 13.6 Å². The molecule has 8 heteroatoms. The van der Waals surface area contributed by atoms with Crippen LogP contribution in [0.15, 0.2) is 41.8 Å². The number of amides is 3. The first-order valence-electron chi connectivity index (χ1n) is 6.76. The summed E-state index contributed by atoms with van der Waals surface area (Å²) >= 11 is 1.24. The number of benzene rings is 1. The molecule has 0 aliphatic rings. The molecule has 0 spiro atoms. The van der Waals surface area contributed by atoms with Crippen LogP contribution in [0.1, 0.15) is 17.7 Å². The second kappa shape index (κ2) is 7.60. The number of aryl methyl sites for hydroxylation is 1. The Morgan fingerprint density at radius 2 is 2.05 bits per heavy atom. The Morgan fingerprint density at radius 1 is 1.32 bits per heavy atom. The summed E-state index contributed by atoms with van der Waals surface area (Å²) in [4.78, 5) is 24.0. The zero-order valence-corrected chi connectivity index (χ0v) is 13.1.